The van der Waals surface area contributed by atoms with Crippen LogP contribution in [0, 0.1) is 7.05 Å². The maximum absolute atomic E-state index is 10.8. The molecule has 5 heteroatoms. The van der Waals surface area contributed by atoms with Crippen LogP contribution in [0.5, 0.6) is 0 Å². The number of nitrogens with zero attached hydrogens (tertiary/aromatic N) is 1. The molecule has 4 N–H and O–H groups in total. The Hall–Kier alpha value is -0.490. The van der Waals surface area contributed by atoms with E-state index in [9.17, 15) is 4.79 Å². The summed E-state index contributed by atoms with van der Waals surface area (Å²) in [5.74, 6) is -0.100. The largest absolute Gasteiger partial charge is 0.414 e. The number of hydrogen-bond acceptors (Lipinski definition) is 4. The molecule has 0 heterocycles. The molecule has 0 saturated heterocycles. The first-order chi connectivity index (χ1) is 5.74. The molecule has 72 valence electrons. The summed E-state index contributed by atoms with van der Waals surface area (Å²) in [5.41, 5.74) is 0. The zero-order valence-electron chi connectivity index (χ0n) is 7.07. The van der Waals surface area contributed by atoms with E-state index in [2.05, 4.69) is 7.05 Å². The molecule has 0 fully saturated rings. The minimum atomic E-state index is -0.100. The highest BCUT2D eigenvalue weighted by Gasteiger charge is 2.08. The van der Waals surface area contributed by atoms with Gasteiger partial charge in [0.2, 0.25) is 0 Å². The fourth-order valence-electron chi connectivity index (χ4n) is 0.838. The highest BCUT2D eigenvalue weighted by Crippen LogP contribution is 1.84. The van der Waals surface area contributed by atoms with E-state index in [1.54, 1.807) is 4.90 Å². The van der Waals surface area contributed by atoms with Gasteiger partial charge in [-0.25, -0.2) is 4.79 Å². The topological polar surface area (TPSA) is 77.4 Å². The summed E-state index contributed by atoms with van der Waals surface area (Å²) in [6, 6.07) is 0. The molecule has 0 aromatic heterocycles. The fourth-order valence-corrected chi connectivity index (χ4v) is 0.838. The van der Waals surface area contributed by atoms with Crippen molar-refractivity contribution in [2.45, 2.75) is 0 Å². The van der Waals surface area contributed by atoms with E-state index in [0.717, 1.165) is 0 Å². The van der Waals surface area contributed by atoms with Gasteiger partial charge in [0.05, 0.1) is 13.2 Å². The normalized spacial score (nSPS) is 10.7. The average Bonchev–Trinajstić information content (AvgIpc) is 2.05. The Morgan fingerprint density at radius 3 is 2.17 bits per heavy atom. The van der Waals surface area contributed by atoms with Gasteiger partial charge >= 0.3 is 0 Å². The van der Waals surface area contributed by atoms with Gasteiger partial charge in [-0.1, -0.05) is 0 Å². The number of amides is 1. The lowest BCUT2D eigenvalue weighted by atomic mass is 10.4. The number of carbonyl (C=O) groups is 1. The first-order valence-corrected chi connectivity index (χ1v) is 3.84. The molecule has 0 aliphatic rings. The average molecular weight is 176 g/mol. The Balaban J connectivity index is 3.68. The maximum Gasteiger partial charge on any atom is 0.298 e. The van der Waals surface area contributed by atoms with E-state index >= 15 is 0 Å². The van der Waals surface area contributed by atoms with Gasteiger partial charge in [0.1, 0.15) is 6.54 Å². The number of quaternary nitrogens is 1. The molecule has 1 amide bonds. The quantitative estimate of drug-likeness (QED) is 0.381. The van der Waals surface area contributed by atoms with Crippen LogP contribution in [0.15, 0.2) is 0 Å². The maximum atomic E-state index is 10.8. The number of aliphatic hydroxyl groups is 2. The SMILES string of the molecule is [CH2-][NH2+]C(=O)CN(CCO)CCO. The highest BCUT2D eigenvalue weighted by molar-refractivity contribution is 5.67. The molecule has 12 heavy (non-hydrogen) atoms. The van der Waals surface area contributed by atoms with Crippen molar-refractivity contribution in [2.75, 3.05) is 32.8 Å². The lowest BCUT2D eigenvalue weighted by Gasteiger charge is -2.17. The van der Waals surface area contributed by atoms with Crippen LogP contribution in [0.25, 0.3) is 0 Å². The third-order valence-electron chi connectivity index (χ3n) is 1.44. The molecule has 0 spiro atoms. The second-order valence-corrected chi connectivity index (χ2v) is 2.39. The molecule has 0 aromatic rings. The summed E-state index contributed by atoms with van der Waals surface area (Å²) in [6.45, 7) is 1.000. The second kappa shape index (κ2) is 7.17. The second-order valence-electron chi connectivity index (χ2n) is 2.39. The number of nitrogens with two attached hydrogens (primary N) is 1. The lowest BCUT2D eigenvalue weighted by Crippen LogP contribution is -2.83. The van der Waals surface area contributed by atoms with Gasteiger partial charge in [-0.2, -0.15) is 0 Å². The predicted molar refractivity (Wildman–Crippen MR) is 42.9 cm³/mol. The van der Waals surface area contributed by atoms with Gasteiger partial charge in [0.25, 0.3) is 5.91 Å². The molecule has 0 unspecified atom stereocenters. The van der Waals surface area contributed by atoms with E-state index in [-0.39, 0.29) is 25.7 Å². The van der Waals surface area contributed by atoms with Crippen molar-refractivity contribution < 1.29 is 20.3 Å². The summed E-state index contributed by atoms with van der Waals surface area (Å²) >= 11 is 0. The van der Waals surface area contributed by atoms with Gasteiger partial charge in [0, 0.05) is 13.1 Å². The number of rotatable bonds is 6. The summed E-state index contributed by atoms with van der Waals surface area (Å²) in [4.78, 5) is 12.5. The first-order valence-electron chi connectivity index (χ1n) is 3.84. The third-order valence-corrected chi connectivity index (χ3v) is 1.44. The molecule has 0 aliphatic heterocycles. The van der Waals surface area contributed by atoms with Gasteiger partial charge in [-0.05, 0) is 0 Å². The Bertz CT molecular complexity index is 124. The van der Waals surface area contributed by atoms with Crippen LogP contribution in [-0.4, -0.2) is 53.9 Å². The van der Waals surface area contributed by atoms with Crippen LogP contribution >= 0.6 is 0 Å². The molecule has 0 rings (SSSR count). The Labute approximate surface area is 72.0 Å². The van der Waals surface area contributed by atoms with Crippen molar-refractivity contribution in [1.82, 2.24) is 4.90 Å². The number of aliphatic hydroxyl groups excluding tert-OH is 2. The molecule has 0 aliphatic carbocycles. The number of carbonyl (C=O) groups excluding carboxylic acids is 1. The highest BCUT2D eigenvalue weighted by atomic mass is 16.3. The van der Waals surface area contributed by atoms with E-state index < -0.39 is 0 Å². The van der Waals surface area contributed by atoms with Gasteiger partial charge < -0.3 is 15.5 Å². The smallest absolute Gasteiger partial charge is 0.298 e. The summed E-state index contributed by atoms with van der Waals surface area (Å²) in [5, 5.41) is 18.4. The zero-order valence-corrected chi connectivity index (χ0v) is 7.07. The van der Waals surface area contributed by atoms with Crippen LogP contribution < -0.4 is 5.32 Å². The molecule has 0 saturated carbocycles. The number of primary amides is 1. The lowest BCUT2D eigenvalue weighted by molar-refractivity contribution is -0.507. The van der Waals surface area contributed by atoms with Crippen LogP contribution in [0.3, 0.4) is 0 Å². The monoisotopic (exact) mass is 176 g/mol. The first kappa shape index (κ1) is 11.5. The Morgan fingerprint density at radius 2 is 1.83 bits per heavy atom. The summed E-state index contributed by atoms with van der Waals surface area (Å²) in [6.07, 6.45) is 0. The van der Waals surface area contributed by atoms with Crippen molar-refractivity contribution in [2.24, 2.45) is 0 Å². The van der Waals surface area contributed by atoms with E-state index in [1.807, 2.05) is 0 Å². The summed E-state index contributed by atoms with van der Waals surface area (Å²) < 4.78 is 0. The number of hydrogen-bond donors (Lipinski definition) is 3. The standard InChI is InChI=1S/C7H16N2O3/c1-8-7(12)6-9(2-4-10)3-5-11/h10-11H,1-6,8H2. The van der Waals surface area contributed by atoms with Gasteiger partial charge in [0.15, 0.2) is 0 Å². The fraction of sp³-hybridized carbons (Fsp3) is 0.714. The van der Waals surface area contributed by atoms with Crippen molar-refractivity contribution in [1.29, 1.82) is 0 Å². The van der Waals surface area contributed by atoms with Crippen molar-refractivity contribution in [3.8, 4) is 0 Å². The van der Waals surface area contributed by atoms with E-state index in [0.29, 0.717) is 13.1 Å². The van der Waals surface area contributed by atoms with Gasteiger partial charge in [-0.15, -0.1) is 7.05 Å². The predicted octanol–water partition coefficient (Wildman–Crippen LogP) is -2.85. The van der Waals surface area contributed by atoms with Crippen molar-refractivity contribution in [3.05, 3.63) is 7.05 Å². The third kappa shape index (κ3) is 5.20. The minimum Gasteiger partial charge on any atom is -0.414 e. The summed E-state index contributed by atoms with van der Waals surface area (Å²) in [7, 11) is 3.33. The minimum absolute atomic E-state index is 0.00950. The Morgan fingerprint density at radius 1 is 1.33 bits per heavy atom. The van der Waals surface area contributed by atoms with Crippen molar-refractivity contribution in [3.63, 3.8) is 0 Å². The van der Waals surface area contributed by atoms with Crippen LogP contribution in [0.1, 0.15) is 0 Å². The molecule has 0 atom stereocenters. The molecule has 0 radical (unpaired) electrons. The molecule has 5 nitrogen and oxygen atoms in total. The molecular formula is C7H16N2O3. The van der Waals surface area contributed by atoms with Crippen molar-refractivity contribution >= 4 is 5.91 Å². The van der Waals surface area contributed by atoms with Crippen LogP contribution in [0.2, 0.25) is 0 Å². The van der Waals surface area contributed by atoms with E-state index in [1.165, 1.54) is 5.32 Å². The molecule has 0 aromatic carbocycles. The zero-order chi connectivity index (χ0) is 9.40. The van der Waals surface area contributed by atoms with Crippen LogP contribution in [-0.2, 0) is 4.79 Å². The molecule has 0 bridgehead atoms. The Kier molecular flexibility index (Phi) is 6.88. The van der Waals surface area contributed by atoms with Gasteiger partial charge in [-0.3, -0.25) is 4.90 Å². The molecular weight excluding hydrogens is 160 g/mol. The van der Waals surface area contributed by atoms with E-state index in [4.69, 9.17) is 10.2 Å². The van der Waals surface area contributed by atoms with Crippen LogP contribution in [0.4, 0.5) is 0 Å².